The minimum absolute atomic E-state index is 0.275. The molecule has 0 aromatic carbocycles. The Labute approximate surface area is 109 Å². The molecule has 1 N–H and O–H groups in total. The number of nitrogens with one attached hydrogen (secondary N) is 1. The van der Waals surface area contributed by atoms with Crippen molar-refractivity contribution in [2.24, 2.45) is 0 Å². The summed E-state index contributed by atoms with van der Waals surface area (Å²) in [4.78, 5) is 8.86. The Kier molecular flexibility index (Phi) is 6.78. The van der Waals surface area contributed by atoms with Gasteiger partial charge in [-0.25, -0.2) is 9.97 Å². The minimum Gasteiger partial charge on any atom is -0.382 e. The first-order valence-corrected chi connectivity index (χ1v) is 6.25. The van der Waals surface area contributed by atoms with Crippen LogP contribution < -0.4 is 5.32 Å². The molecule has 5 heteroatoms. The highest BCUT2D eigenvalue weighted by Gasteiger charge is 2.08. The lowest BCUT2D eigenvalue weighted by molar-refractivity contribution is 0.0716. The van der Waals surface area contributed by atoms with Gasteiger partial charge in [0, 0.05) is 37.0 Å². The Balaban J connectivity index is 2.46. The van der Waals surface area contributed by atoms with Gasteiger partial charge in [0.15, 0.2) is 0 Å². The van der Waals surface area contributed by atoms with Gasteiger partial charge in [-0.3, -0.25) is 0 Å². The quantitative estimate of drug-likeness (QED) is 0.707. The highest BCUT2D eigenvalue weighted by molar-refractivity contribution is 5.19. The fourth-order valence-electron chi connectivity index (χ4n) is 1.63. The minimum atomic E-state index is 0.275. The molecule has 0 fully saturated rings. The van der Waals surface area contributed by atoms with Crippen LogP contribution >= 0.6 is 0 Å². The first-order chi connectivity index (χ1) is 8.69. The maximum Gasteiger partial charge on any atom is 0.130 e. The summed E-state index contributed by atoms with van der Waals surface area (Å²) in [6, 6.07) is 0.275. The van der Waals surface area contributed by atoms with Crippen LogP contribution in [0.3, 0.4) is 0 Å². The Hall–Kier alpha value is -1.04. The fourth-order valence-corrected chi connectivity index (χ4v) is 1.63. The third kappa shape index (κ3) is 4.68. The van der Waals surface area contributed by atoms with Crippen molar-refractivity contribution in [2.75, 3.05) is 34.0 Å². The van der Waals surface area contributed by atoms with Crippen molar-refractivity contribution in [3.05, 3.63) is 23.3 Å². The van der Waals surface area contributed by atoms with Gasteiger partial charge in [0.2, 0.25) is 0 Å². The van der Waals surface area contributed by atoms with Crippen molar-refractivity contribution in [2.45, 2.75) is 26.3 Å². The van der Waals surface area contributed by atoms with Crippen LogP contribution in [0.15, 0.2) is 6.20 Å². The number of hydrogen-bond donors (Lipinski definition) is 1. The number of rotatable bonds is 8. The maximum absolute atomic E-state index is 5.40. The predicted molar refractivity (Wildman–Crippen MR) is 70.6 cm³/mol. The van der Waals surface area contributed by atoms with Crippen molar-refractivity contribution in [1.82, 2.24) is 15.3 Å². The van der Waals surface area contributed by atoms with Crippen LogP contribution in [-0.4, -0.2) is 43.9 Å². The topological polar surface area (TPSA) is 56.3 Å². The van der Waals surface area contributed by atoms with E-state index in [2.05, 4.69) is 22.2 Å². The zero-order valence-electron chi connectivity index (χ0n) is 11.7. The second-order valence-electron chi connectivity index (χ2n) is 4.19. The van der Waals surface area contributed by atoms with Gasteiger partial charge in [0.05, 0.1) is 19.8 Å². The molecule has 1 heterocycles. The SMILES string of the molecule is CNC(C)c1cnc(CCOCCOC)nc1C. The van der Waals surface area contributed by atoms with Crippen molar-refractivity contribution < 1.29 is 9.47 Å². The third-order valence-electron chi connectivity index (χ3n) is 2.87. The highest BCUT2D eigenvalue weighted by atomic mass is 16.5. The Morgan fingerprint density at radius 3 is 2.72 bits per heavy atom. The van der Waals surface area contributed by atoms with Crippen molar-refractivity contribution in [3.8, 4) is 0 Å². The lowest BCUT2D eigenvalue weighted by Crippen LogP contribution is -2.16. The summed E-state index contributed by atoms with van der Waals surface area (Å²) in [6.07, 6.45) is 2.63. The number of aryl methyl sites for hydroxylation is 1. The number of methoxy groups -OCH3 is 1. The van der Waals surface area contributed by atoms with Crippen LogP contribution in [-0.2, 0) is 15.9 Å². The average molecular weight is 253 g/mol. The van der Waals surface area contributed by atoms with E-state index in [1.54, 1.807) is 7.11 Å². The number of ether oxygens (including phenoxy) is 2. The van der Waals surface area contributed by atoms with E-state index in [1.165, 1.54) is 0 Å². The van der Waals surface area contributed by atoms with Gasteiger partial charge < -0.3 is 14.8 Å². The van der Waals surface area contributed by atoms with E-state index in [9.17, 15) is 0 Å². The second kappa shape index (κ2) is 8.13. The van der Waals surface area contributed by atoms with Gasteiger partial charge in [-0.1, -0.05) is 0 Å². The average Bonchev–Trinajstić information content (AvgIpc) is 2.38. The van der Waals surface area contributed by atoms with Gasteiger partial charge in [-0.15, -0.1) is 0 Å². The number of aromatic nitrogens is 2. The predicted octanol–water partition coefficient (Wildman–Crippen LogP) is 1.27. The summed E-state index contributed by atoms with van der Waals surface area (Å²) in [7, 11) is 3.60. The summed E-state index contributed by atoms with van der Waals surface area (Å²) in [5.74, 6) is 0.831. The molecule has 102 valence electrons. The van der Waals surface area contributed by atoms with Crippen LogP contribution in [0.4, 0.5) is 0 Å². The normalized spacial score (nSPS) is 12.7. The number of hydrogen-bond acceptors (Lipinski definition) is 5. The molecule has 1 aromatic heterocycles. The van der Waals surface area contributed by atoms with Crippen LogP contribution in [0.1, 0.15) is 30.0 Å². The monoisotopic (exact) mass is 253 g/mol. The molecule has 1 rings (SSSR count). The lowest BCUT2D eigenvalue weighted by Gasteiger charge is -2.13. The zero-order chi connectivity index (χ0) is 13.4. The summed E-state index contributed by atoms with van der Waals surface area (Å²) < 4.78 is 10.3. The zero-order valence-corrected chi connectivity index (χ0v) is 11.7. The van der Waals surface area contributed by atoms with Crippen LogP contribution in [0.5, 0.6) is 0 Å². The standard InChI is InChI=1S/C13H23N3O2/c1-10(14-3)12-9-15-13(16-11(12)2)5-6-18-8-7-17-4/h9-10,14H,5-8H2,1-4H3. The Morgan fingerprint density at radius 1 is 1.33 bits per heavy atom. The second-order valence-corrected chi connectivity index (χ2v) is 4.19. The molecule has 0 aliphatic heterocycles. The van der Waals surface area contributed by atoms with E-state index >= 15 is 0 Å². The van der Waals surface area contributed by atoms with Gasteiger partial charge >= 0.3 is 0 Å². The van der Waals surface area contributed by atoms with Crippen molar-refractivity contribution in [1.29, 1.82) is 0 Å². The van der Waals surface area contributed by atoms with E-state index in [1.807, 2.05) is 20.2 Å². The van der Waals surface area contributed by atoms with Gasteiger partial charge in [-0.05, 0) is 20.9 Å². The van der Waals surface area contributed by atoms with E-state index in [-0.39, 0.29) is 6.04 Å². The Bertz CT molecular complexity index is 358. The summed E-state index contributed by atoms with van der Waals surface area (Å²) in [6.45, 7) is 5.98. The van der Waals surface area contributed by atoms with E-state index in [0.717, 1.165) is 23.5 Å². The molecule has 0 saturated heterocycles. The van der Waals surface area contributed by atoms with Crippen LogP contribution in [0.2, 0.25) is 0 Å². The highest BCUT2D eigenvalue weighted by Crippen LogP contribution is 2.13. The first-order valence-electron chi connectivity index (χ1n) is 6.25. The molecule has 0 spiro atoms. The van der Waals surface area contributed by atoms with E-state index in [4.69, 9.17) is 9.47 Å². The van der Waals surface area contributed by atoms with Crippen LogP contribution in [0.25, 0.3) is 0 Å². The van der Waals surface area contributed by atoms with Crippen molar-refractivity contribution in [3.63, 3.8) is 0 Å². The molecule has 0 bridgehead atoms. The van der Waals surface area contributed by atoms with Gasteiger partial charge in [0.25, 0.3) is 0 Å². The maximum atomic E-state index is 5.40. The van der Waals surface area contributed by atoms with Gasteiger partial charge in [-0.2, -0.15) is 0 Å². The van der Waals surface area contributed by atoms with E-state index in [0.29, 0.717) is 19.8 Å². The number of nitrogens with zero attached hydrogens (tertiary/aromatic N) is 2. The molecule has 18 heavy (non-hydrogen) atoms. The molecule has 1 aromatic rings. The van der Waals surface area contributed by atoms with E-state index < -0.39 is 0 Å². The molecule has 0 radical (unpaired) electrons. The molecule has 5 nitrogen and oxygen atoms in total. The first kappa shape index (κ1) is 15.0. The van der Waals surface area contributed by atoms with Crippen LogP contribution in [0, 0.1) is 6.92 Å². The molecule has 0 amide bonds. The summed E-state index contributed by atoms with van der Waals surface area (Å²) in [5, 5.41) is 3.19. The molecule has 1 unspecified atom stereocenters. The third-order valence-corrected chi connectivity index (χ3v) is 2.87. The summed E-state index contributed by atoms with van der Waals surface area (Å²) >= 11 is 0. The molecular weight excluding hydrogens is 230 g/mol. The molecule has 1 atom stereocenters. The lowest BCUT2D eigenvalue weighted by atomic mass is 10.1. The smallest absolute Gasteiger partial charge is 0.130 e. The van der Waals surface area contributed by atoms with Crippen molar-refractivity contribution >= 4 is 0 Å². The molecular formula is C13H23N3O2. The largest absolute Gasteiger partial charge is 0.382 e. The summed E-state index contributed by atoms with van der Waals surface area (Å²) in [5.41, 5.74) is 2.17. The molecule has 0 aliphatic rings. The molecule has 0 saturated carbocycles. The van der Waals surface area contributed by atoms with Gasteiger partial charge in [0.1, 0.15) is 5.82 Å². The molecule has 0 aliphatic carbocycles. The fraction of sp³-hybridized carbons (Fsp3) is 0.692. The Morgan fingerprint density at radius 2 is 2.11 bits per heavy atom.